The minimum atomic E-state index is -1.20. The van der Waals surface area contributed by atoms with Crippen molar-refractivity contribution >= 4 is 52.8 Å². The number of anilines is 1. The van der Waals surface area contributed by atoms with Gasteiger partial charge >= 0.3 is 0 Å². The van der Waals surface area contributed by atoms with Crippen molar-refractivity contribution < 1.29 is 19.2 Å². The number of hydrogen-bond acceptors (Lipinski definition) is 8. The van der Waals surface area contributed by atoms with E-state index in [1.807, 2.05) is 6.07 Å². The summed E-state index contributed by atoms with van der Waals surface area (Å²) in [6, 6.07) is 0.00459. The van der Waals surface area contributed by atoms with Crippen LogP contribution in [-0.2, 0) is 26.2 Å². The molecule has 3 N–H and O–H groups in total. The summed E-state index contributed by atoms with van der Waals surface area (Å²) >= 11 is 12.8. The van der Waals surface area contributed by atoms with Gasteiger partial charge in [0.15, 0.2) is 0 Å². The van der Waals surface area contributed by atoms with E-state index in [1.54, 1.807) is 20.8 Å². The molecule has 6 atom stereocenters. The molecule has 1 saturated carbocycles. The first-order chi connectivity index (χ1) is 17.3. The van der Waals surface area contributed by atoms with Crippen LogP contribution in [0.15, 0.2) is 0 Å². The molecule has 1 aromatic heterocycles. The molecule has 3 heterocycles. The molecular formula is C22H29Cl2N9O4. The summed E-state index contributed by atoms with van der Waals surface area (Å²) in [4.78, 5) is 54.9. The lowest BCUT2D eigenvalue weighted by atomic mass is 9.79. The average molecular weight is 554 g/mol. The predicted molar refractivity (Wildman–Crippen MR) is 131 cm³/mol. The van der Waals surface area contributed by atoms with Gasteiger partial charge in [0.25, 0.3) is 5.95 Å². The third-order valence-electron chi connectivity index (χ3n) is 7.16. The predicted octanol–water partition coefficient (Wildman–Crippen LogP) is -0.0238. The summed E-state index contributed by atoms with van der Waals surface area (Å²) in [5, 5.41) is 28.8. The largest absolute Gasteiger partial charge is 0.356 e. The molecule has 0 bridgehead atoms. The Morgan fingerprint density at radius 1 is 1.32 bits per heavy atom. The highest BCUT2D eigenvalue weighted by Crippen LogP contribution is 2.65. The summed E-state index contributed by atoms with van der Waals surface area (Å²) in [5.41, 5.74) is -0.832. The first-order valence-corrected chi connectivity index (χ1v) is 12.7. The fourth-order valence-corrected chi connectivity index (χ4v) is 6.07. The second kappa shape index (κ2) is 9.72. The fraction of sp³-hybridized carbons (Fsp3) is 0.727. The van der Waals surface area contributed by atoms with Gasteiger partial charge in [-0.15, -0.1) is 28.3 Å². The van der Waals surface area contributed by atoms with Crippen LogP contribution in [0.1, 0.15) is 33.6 Å². The quantitative estimate of drug-likeness (QED) is 0.311. The van der Waals surface area contributed by atoms with Crippen molar-refractivity contribution in [3.63, 3.8) is 0 Å². The van der Waals surface area contributed by atoms with Crippen LogP contribution in [-0.4, -0.2) is 78.2 Å². The number of nitriles is 1. The Kier molecular flexibility index (Phi) is 7.11. The van der Waals surface area contributed by atoms with E-state index < -0.39 is 51.4 Å². The second-order valence-electron chi connectivity index (χ2n) is 10.8. The maximum Gasteiger partial charge on any atom is 0.270 e. The number of nitrogens with one attached hydrogen (secondary N) is 3. The molecule has 37 heavy (non-hydrogen) atoms. The van der Waals surface area contributed by atoms with Crippen LogP contribution in [0, 0.1) is 40.4 Å². The van der Waals surface area contributed by atoms with Gasteiger partial charge in [0, 0.05) is 30.8 Å². The van der Waals surface area contributed by atoms with E-state index in [0.29, 0.717) is 13.0 Å². The van der Waals surface area contributed by atoms with Crippen molar-refractivity contribution in [3.8, 4) is 6.07 Å². The zero-order valence-corrected chi connectivity index (χ0v) is 22.4. The van der Waals surface area contributed by atoms with Crippen molar-refractivity contribution in [2.75, 3.05) is 18.4 Å². The van der Waals surface area contributed by atoms with Crippen LogP contribution in [0.25, 0.3) is 0 Å². The summed E-state index contributed by atoms with van der Waals surface area (Å²) in [5.74, 6) is -4.53. The Hall–Kier alpha value is -2.98. The zero-order chi connectivity index (χ0) is 27.3. The van der Waals surface area contributed by atoms with E-state index in [2.05, 4.69) is 31.4 Å². The van der Waals surface area contributed by atoms with Crippen molar-refractivity contribution in [1.29, 1.82) is 5.26 Å². The smallest absolute Gasteiger partial charge is 0.270 e. The van der Waals surface area contributed by atoms with Gasteiger partial charge < -0.3 is 15.5 Å². The normalized spacial score (nSPS) is 27.5. The number of alkyl halides is 2. The minimum absolute atomic E-state index is 0.0542. The highest BCUT2D eigenvalue weighted by atomic mass is 35.5. The monoisotopic (exact) mass is 553 g/mol. The Balaban J connectivity index is 1.54. The number of carbonyl (C=O) groups is 4. The first-order valence-electron chi connectivity index (χ1n) is 12.0. The number of hydrogen-bond donors (Lipinski definition) is 3. The fourth-order valence-electron chi connectivity index (χ4n) is 5.25. The number of aryl methyl sites for hydroxylation is 1. The number of likely N-dealkylation sites (tertiary alicyclic amines) is 1. The highest BCUT2D eigenvalue weighted by molar-refractivity contribution is 6.51. The molecule has 0 spiro atoms. The number of piperidine rings is 1. The van der Waals surface area contributed by atoms with Crippen LogP contribution in [0.4, 0.5) is 5.95 Å². The number of halogens is 2. The summed E-state index contributed by atoms with van der Waals surface area (Å²) in [6.45, 7) is 5.80. The molecule has 0 aromatic carbocycles. The van der Waals surface area contributed by atoms with Gasteiger partial charge in [-0.25, -0.2) is 0 Å². The Morgan fingerprint density at radius 2 is 2.03 bits per heavy atom. The molecule has 0 unspecified atom stereocenters. The molecule has 0 radical (unpaired) electrons. The molecule has 15 heteroatoms. The van der Waals surface area contributed by atoms with Gasteiger partial charge in [0.2, 0.25) is 23.6 Å². The van der Waals surface area contributed by atoms with E-state index >= 15 is 0 Å². The van der Waals surface area contributed by atoms with Gasteiger partial charge in [-0.3, -0.25) is 24.5 Å². The maximum atomic E-state index is 13.8. The van der Waals surface area contributed by atoms with Crippen molar-refractivity contribution in [3.05, 3.63) is 0 Å². The van der Waals surface area contributed by atoms with Crippen molar-refractivity contribution in [2.45, 2.75) is 50.0 Å². The van der Waals surface area contributed by atoms with Crippen LogP contribution in [0.3, 0.4) is 0 Å². The molecule has 4 rings (SSSR count). The van der Waals surface area contributed by atoms with Gasteiger partial charge in [0.05, 0.1) is 13.1 Å². The number of amides is 4. The SMILES string of the molecule is Cn1nnc(NC(=O)[C@H](C(=O)N2C[C@H]3[C@@H]([C@H]2C(=O)N[C@H](C#N)C[C@@H]2CCNC2=O)C3(Cl)Cl)C(C)(C)C)n1. The lowest BCUT2D eigenvalue weighted by Gasteiger charge is -2.36. The number of carbonyl (C=O) groups excluding carboxylic acids is 4. The molecule has 1 aliphatic carbocycles. The first kappa shape index (κ1) is 27.1. The molecular weight excluding hydrogens is 525 g/mol. The van der Waals surface area contributed by atoms with Crippen LogP contribution >= 0.6 is 23.2 Å². The van der Waals surface area contributed by atoms with Gasteiger partial charge in [0.1, 0.15) is 22.3 Å². The highest BCUT2D eigenvalue weighted by Gasteiger charge is 2.74. The molecule has 200 valence electrons. The van der Waals surface area contributed by atoms with Crippen molar-refractivity contribution in [2.24, 2.45) is 36.1 Å². The molecule has 2 aliphatic heterocycles. The number of tetrazole rings is 1. The summed E-state index contributed by atoms with van der Waals surface area (Å²) < 4.78 is -1.20. The van der Waals surface area contributed by atoms with Crippen LogP contribution < -0.4 is 16.0 Å². The molecule has 2 saturated heterocycles. The zero-order valence-electron chi connectivity index (χ0n) is 20.9. The minimum Gasteiger partial charge on any atom is -0.356 e. The maximum absolute atomic E-state index is 13.8. The van der Waals surface area contributed by atoms with Gasteiger partial charge in [-0.1, -0.05) is 25.9 Å². The topological polar surface area (TPSA) is 175 Å². The Bertz CT molecular complexity index is 1160. The molecule has 3 fully saturated rings. The number of rotatable bonds is 7. The molecule has 4 amide bonds. The van der Waals surface area contributed by atoms with Gasteiger partial charge in [-0.2, -0.15) is 10.1 Å². The van der Waals surface area contributed by atoms with E-state index in [0.717, 1.165) is 0 Å². The van der Waals surface area contributed by atoms with E-state index in [1.165, 1.54) is 16.7 Å². The second-order valence-corrected chi connectivity index (χ2v) is 12.3. The van der Waals surface area contributed by atoms with E-state index in [-0.39, 0.29) is 36.7 Å². The van der Waals surface area contributed by atoms with Crippen molar-refractivity contribution in [1.82, 2.24) is 35.7 Å². The molecule has 13 nitrogen and oxygen atoms in total. The summed E-state index contributed by atoms with van der Waals surface area (Å²) in [7, 11) is 1.53. The lowest BCUT2D eigenvalue weighted by Crippen LogP contribution is -2.56. The average Bonchev–Trinajstić information content (AvgIpc) is 3.28. The Labute approximate surface area is 223 Å². The number of aromatic nitrogens is 4. The third-order valence-corrected chi connectivity index (χ3v) is 8.22. The van der Waals surface area contributed by atoms with Crippen LogP contribution in [0.2, 0.25) is 0 Å². The third kappa shape index (κ3) is 5.22. The number of fused-ring (bicyclic) bond motifs is 1. The lowest BCUT2D eigenvalue weighted by molar-refractivity contribution is -0.149. The van der Waals surface area contributed by atoms with E-state index in [9.17, 15) is 24.4 Å². The van der Waals surface area contributed by atoms with Gasteiger partial charge in [-0.05, 0) is 23.5 Å². The standard InChI is InChI=1S/C22H29Cl2N9O4/c1-21(2,3)14(17(35)28-20-29-31-32(4)30-20)19(37)33-9-12-13(22(12,23)24)15(33)18(36)27-11(8-25)7-10-5-6-26-16(10)34/h10-15H,5-7,9H2,1-4H3,(H,26,34)(H,27,36)(H,28,30,35)/t10-,11-,12-,13-,14+,15-/m0/s1. The molecule has 1 aromatic rings. The Morgan fingerprint density at radius 3 is 2.57 bits per heavy atom. The number of nitrogens with zero attached hydrogens (tertiary/aromatic N) is 6. The summed E-state index contributed by atoms with van der Waals surface area (Å²) in [6.07, 6.45) is 0.717. The molecule has 3 aliphatic rings. The van der Waals surface area contributed by atoms with E-state index in [4.69, 9.17) is 23.2 Å². The van der Waals surface area contributed by atoms with Crippen LogP contribution in [0.5, 0.6) is 0 Å².